The lowest BCUT2D eigenvalue weighted by molar-refractivity contribution is 1.14. The molecule has 0 nitrogen and oxygen atoms in total. The molecular formula is C14H12S4. The molecule has 0 aliphatic carbocycles. The third kappa shape index (κ3) is 1.25. The molecule has 0 spiro atoms. The molecule has 2 aromatic carbocycles. The first-order chi connectivity index (χ1) is 8.61. The van der Waals surface area contributed by atoms with Gasteiger partial charge < -0.3 is 0 Å². The Labute approximate surface area is 123 Å². The van der Waals surface area contributed by atoms with Crippen LogP contribution in [0.25, 0.3) is 10.8 Å². The van der Waals surface area contributed by atoms with Gasteiger partial charge in [-0.15, -0.1) is 0 Å². The lowest BCUT2D eigenvalue weighted by Crippen LogP contribution is -1.93. The van der Waals surface area contributed by atoms with Crippen LogP contribution in [-0.2, 0) is 0 Å². The summed E-state index contributed by atoms with van der Waals surface area (Å²) in [5.74, 6) is 0. The number of hydrogen-bond donors (Lipinski definition) is 0. The minimum Gasteiger partial charge on any atom is -0.0515 e. The highest BCUT2D eigenvalue weighted by Crippen LogP contribution is 2.63. The van der Waals surface area contributed by atoms with E-state index in [2.05, 4.69) is 27.7 Å². The molecule has 0 amide bonds. The fourth-order valence-corrected chi connectivity index (χ4v) is 8.90. The quantitative estimate of drug-likeness (QED) is 0.523. The summed E-state index contributed by atoms with van der Waals surface area (Å²) < 4.78 is 0. The van der Waals surface area contributed by atoms with Crippen molar-refractivity contribution in [3.05, 3.63) is 22.3 Å². The van der Waals surface area contributed by atoms with Crippen LogP contribution in [0.1, 0.15) is 22.3 Å². The smallest absolute Gasteiger partial charge is 0.0309 e. The standard InChI is InChI=1S/C14H12S4/c1-5-6(2)12-10-9-11(5)15-17-13(9)7(3)8(4)14(10)18-16-12/h1-4H3. The van der Waals surface area contributed by atoms with Crippen molar-refractivity contribution in [3.63, 3.8) is 0 Å². The third-order valence-corrected chi connectivity index (χ3v) is 9.44. The Morgan fingerprint density at radius 3 is 0.889 bits per heavy atom. The summed E-state index contributed by atoms with van der Waals surface area (Å²) in [6.07, 6.45) is 0. The summed E-state index contributed by atoms with van der Waals surface area (Å²) in [4.78, 5) is 6.05. The average Bonchev–Trinajstić information content (AvgIpc) is 2.96. The van der Waals surface area contributed by atoms with E-state index in [0.717, 1.165) is 0 Å². The second-order valence-corrected chi connectivity index (χ2v) is 9.20. The van der Waals surface area contributed by atoms with Crippen molar-refractivity contribution in [2.45, 2.75) is 47.3 Å². The summed E-state index contributed by atoms with van der Waals surface area (Å²) in [6, 6.07) is 0. The Hall–Kier alpha value is 0.100. The van der Waals surface area contributed by atoms with E-state index in [1.165, 1.54) is 41.8 Å². The molecule has 2 aliphatic heterocycles. The van der Waals surface area contributed by atoms with Gasteiger partial charge in [0.2, 0.25) is 0 Å². The first-order valence-corrected chi connectivity index (χ1v) is 10.2. The molecule has 0 fully saturated rings. The van der Waals surface area contributed by atoms with Crippen molar-refractivity contribution in [3.8, 4) is 0 Å². The van der Waals surface area contributed by atoms with E-state index >= 15 is 0 Å². The van der Waals surface area contributed by atoms with Gasteiger partial charge in [0.25, 0.3) is 0 Å². The second kappa shape index (κ2) is 3.81. The summed E-state index contributed by atoms with van der Waals surface area (Å²) in [5, 5.41) is 3.08. The average molecular weight is 309 g/mol. The van der Waals surface area contributed by atoms with Crippen LogP contribution in [0.2, 0.25) is 0 Å². The number of hydrogen-bond acceptors (Lipinski definition) is 4. The van der Waals surface area contributed by atoms with Crippen molar-refractivity contribution in [2.75, 3.05) is 0 Å². The van der Waals surface area contributed by atoms with Gasteiger partial charge in [-0.25, -0.2) is 0 Å². The van der Waals surface area contributed by atoms with E-state index in [1.54, 1.807) is 10.8 Å². The van der Waals surface area contributed by atoms with Crippen LogP contribution >= 0.6 is 43.2 Å². The van der Waals surface area contributed by atoms with Crippen molar-refractivity contribution in [2.24, 2.45) is 0 Å². The summed E-state index contributed by atoms with van der Waals surface area (Å²) in [7, 11) is 7.81. The Kier molecular flexibility index (Phi) is 2.52. The number of benzene rings is 2. The topological polar surface area (TPSA) is 0 Å². The molecular weight excluding hydrogens is 296 g/mol. The monoisotopic (exact) mass is 308 g/mol. The maximum atomic E-state index is 2.28. The highest BCUT2D eigenvalue weighted by atomic mass is 33.1. The van der Waals surface area contributed by atoms with Crippen LogP contribution in [-0.4, -0.2) is 0 Å². The van der Waals surface area contributed by atoms with Crippen molar-refractivity contribution >= 4 is 53.9 Å². The fraction of sp³-hybridized carbons (Fsp3) is 0.286. The molecule has 0 saturated carbocycles. The first kappa shape index (κ1) is 11.9. The fourth-order valence-electron chi connectivity index (χ4n) is 2.67. The third-order valence-electron chi connectivity index (χ3n) is 4.06. The molecule has 2 heterocycles. The van der Waals surface area contributed by atoms with Crippen LogP contribution in [0.15, 0.2) is 19.6 Å². The molecule has 4 rings (SSSR count). The zero-order chi connectivity index (χ0) is 12.6. The predicted octanol–water partition coefficient (Wildman–Crippen LogP) is 6.30. The maximum Gasteiger partial charge on any atom is 0.0309 e. The first-order valence-electron chi connectivity index (χ1n) is 5.90. The number of rotatable bonds is 0. The molecule has 2 aliphatic rings. The minimum absolute atomic E-state index is 1.48. The van der Waals surface area contributed by atoms with E-state index in [0.29, 0.717) is 0 Å². The van der Waals surface area contributed by atoms with Crippen molar-refractivity contribution in [1.82, 2.24) is 0 Å². The molecule has 92 valence electrons. The highest BCUT2D eigenvalue weighted by Gasteiger charge is 2.31. The van der Waals surface area contributed by atoms with Crippen LogP contribution in [0.4, 0.5) is 0 Å². The van der Waals surface area contributed by atoms with Gasteiger partial charge >= 0.3 is 0 Å². The van der Waals surface area contributed by atoms with Crippen LogP contribution in [0, 0.1) is 27.7 Å². The summed E-state index contributed by atoms with van der Waals surface area (Å²) in [6.45, 7) is 9.12. The van der Waals surface area contributed by atoms with Gasteiger partial charge in [-0.05, 0) is 49.9 Å². The van der Waals surface area contributed by atoms with Gasteiger partial charge in [0.05, 0.1) is 0 Å². The van der Waals surface area contributed by atoms with Gasteiger partial charge in [0, 0.05) is 30.4 Å². The van der Waals surface area contributed by atoms with E-state index < -0.39 is 0 Å². The molecule has 0 aromatic heterocycles. The maximum absolute atomic E-state index is 2.28. The van der Waals surface area contributed by atoms with Gasteiger partial charge in [-0.1, -0.05) is 43.2 Å². The Bertz CT molecular complexity index is 610. The Balaban J connectivity index is 2.35. The lowest BCUT2D eigenvalue weighted by Gasteiger charge is -2.13. The SMILES string of the molecule is Cc1c(C)c2c3c(c(C)c(C)c4c3c1SS4)SS2. The highest BCUT2D eigenvalue weighted by molar-refractivity contribution is 8.77. The van der Waals surface area contributed by atoms with E-state index in [1.807, 2.05) is 43.2 Å². The summed E-state index contributed by atoms with van der Waals surface area (Å²) >= 11 is 0. The molecule has 2 aromatic rings. The van der Waals surface area contributed by atoms with Crippen molar-refractivity contribution in [1.29, 1.82) is 0 Å². The summed E-state index contributed by atoms with van der Waals surface area (Å²) in [5.41, 5.74) is 5.94. The zero-order valence-corrected chi connectivity index (χ0v) is 13.9. The Morgan fingerprint density at radius 1 is 0.444 bits per heavy atom. The molecule has 0 bridgehead atoms. The van der Waals surface area contributed by atoms with Gasteiger partial charge in [0.1, 0.15) is 0 Å². The molecule has 0 atom stereocenters. The molecule has 0 unspecified atom stereocenters. The largest absolute Gasteiger partial charge is 0.0515 e. The van der Waals surface area contributed by atoms with Crippen LogP contribution in [0.5, 0.6) is 0 Å². The molecule has 18 heavy (non-hydrogen) atoms. The van der Waals surface area contributed by atoms with E-state index in [9.17, 15) is 0 Å². The molecule has 0 saturated heterocycles. The van der Waals surface area contributed by atoms with E-state index in [4.69, 9.17) is 0 Å². The van der Waals surface area contributed by atoms with Gasteiger partial charge in [0.15, 0.2) is 0 Å². The van der Waals surface area contributed by atoms with Crippen LogP contribution < -0.4 is 0 Å². The van der Waals surface area contributed by atoms with Gasteiger partial charge in [-0.2, -0.15) is 0 Å². The normalized spacial score (nSPS) is 16.0. The predicted molar refractivity (Wildman–Crippen MR) is 86.3 cm³/mol. The molecule has 0 radical (unpaired) electrons. The van der Waals surface area contributed by atoms with Gasteiger partial charge in [-0.3, -0.25) is 0 Å². The zero-order valence-electron chi connectivity index (χ0n) is 10.6. The minimum atomic E-state index is 1.48. The van der Waals surface area contributed by atoms with Crippen molar-refractivity contribution < 1.29 is 0 Å². The Morgan fingerprint density at radius 2 is 0.667 bits per heavy atom. The lowest BCUT2D eigenvalue weighted by atomic mass is 9.97. The second-order valence-electron chi connectivity index (χ2n) is 4.90. The molecule has 4 heteroatoms. The van der Waals surface area contributed by atoms with Crippen LogP contribution in [0.3, 0.4) is 0 Å². The van der Waals surface area contributed by atoms with E-state index in [-0.39, 0.29) is 0 Å². The molecule has 0 N–H and O–H groups in total.